The van der Waals surface area contributed by atoms with Gasteiger partial charge in [-0.25, -0.2) is 0 Å². The number of rotatable bonds is 12. The van der Waals surface area contributed by atoms with Crippen LogP contribution in [0.15, 0.2) is 30.5 Å². The van der Waals surface area contributed by atoms with Gasteiger partial charge in [0, 0.05) is 51.4 Å². The molecule has 1 aliphatic heterocycles. The Morgan fingerprint density at radius 3 is 2.34 bits per heavy atom. The van der Waals surface area contributed by atoms with Crippen molar-refractivity contribution in [2.75, 3.05) is 51.3 Å². The minimum Gasteiger partial charge on any atom is -0.495 e. The molecule has 1 N–H and O–H groups in total. The van der Waals surface area contributed by atoms with Gasteiger partial charge in [-0.2, -0.15) is 0 Å². The van der Waals surface area contributed by atoms with Gasteiger partial charge in [0.05, 0.1) is 24.4 Å². The van der Waals surface area contributed by atoms with Gasteiger partial charge in [0.15, 0.2) is 0 Å². The summed E-state index contributed by atoms with van der Waals surface area (Å²) < 4.78 is 7.39. The van der Waals surface area contributed by atoms with Crippen molar-refractivity contribution in [3.8, 4) is 5.75 Å². The molecule has 2 heterocycles. The number of piperazine rings is 1. The van der Waals surface area contributed by atoms with Crippen molar-refractivity contribution in [1.82, 2.24) is 25.2 Å². The van der Waals surface area contributed by atoms with Crippen LogP contribution in [0.1, 0.15) is 38.3 Å². The fourth-order valence-electron chi connectivity index (χ4n) is 4.84. The van der Waals surface area contributed by atoms with E-state index in [1.165, 1.54) is 24.9 Å². The monoisotopic (exact) mass is 598 g/mol. The number of carbonyl (C=O) groups is 1. The minimum absolute atomic E-state index is 0. The second kappa shape index (κ2) is 18.4. The fraction of sp³-hybridized carbons (Fsp3) is 0.406. The Morgan fingerprint density at radius 2 is 1.63 bits per heavy atom. The summed E-state index contributed by atoms with van der Waals surface area (Å²) in [4.78, 5) is 16.7. The van der Waals surface area contributed by atoms with E-state index >= 15 is 0 Å². The van der Waals surface area contributed by atoms with E-state index in [0.717, 1.165) is 75.5 Å². The van der Waals surface area contributed by atoms with Crippen molar-refractivity contribution in [2.45, 2.75) is 39.2 Å². The Kier molecular flexibility index (Phi) is 15.0. The number of nitrogens with zero attached hydrogens (tertiary/aromatic N) is 5. The van der Waals surface area contributed by atoms with Crippen LogP contribution in [-0.2, 0) is 28.4 Å². The van der Waals surface area contributed by atoms with E-state index in [-0.39, 0.29) is 23.0 Å². The molecule has 1 aromatic heterocycles. The van der Waals surface area contributed by atoms with Crippen LogP contribution in [0.5, 0.6) is 5.75 Å². The number of carbonyl (C=O) groups excluding carboxylic acids is 1. The molecule has 1 amide bonds. The summed E-state index contributed by atoms with van der Waals surface area (Å²) in [5, 5.41) is 11.2. The number of unbranched alkanes of at least 4 members (excludes halogenated alkanes) is 2. The van der Waals surface area contributed by atoms with Crippen LogP contribution in [0.4, 0.5) is 5.69 Å². The van der Waals surface area contributed by atoms with Crippen LogP contribution < -0.4 is 15.0 Å². The minimum atomic E-state index is 0. The first-order chi connectivity index (χ1) is 19.7. The average molecular weight is 599 g/mol. The number of ether oxygens (including phenoxy) is 1. The average Bonchev–Trinajstić information content (AvgIpc) is 3.79. The third-order valence-corrected chi connectivity index (χ3v) is 7.15. The van der Waals surface area contributed by atoms with Crippen molar-refractivity contribution in [2.24, 2.45) is 0 Å². The molecule has 3 fully saturated rings. The second-order valence-electron chi connectivity index (χ2n) is 10.0. The Labute approximate surface area is 258 Å². The number of hydrogen-bond acceptors (Lipinski definition) is 6. The molecule has 218 valence electrons. The molecule has 2 saturated carbocycles. The molecule has 1 saturated heterocycles. The van der Waals surface area contributed by atoms with Gasteiger partial charge in [0.1, 0.15) is 5.75 Å². The summed E-state index contributed by atoms with van der Waals surface area (Å²) in [6, 6.07) is 8.19. The smallest absolute Gasteiger partial charge is 0.495 e. The molecule has 41 heavy (non-hydrogen) atoms. The molecule has 5 rings (SSSR count). The maximum atomic E-state index is 11.9. The molecule has 3 aliphatic rings. The van der Waals surface area contributed by atoms with E-state index in [4.69, 9.17) is 4.74 Å². The van der Waals surface area contributed by atoms with E-state index in [9.17, 15) is 4.79 Å². The van der Waals surface area contributed by atoms with Gasteiger partial charge >= 0.3 is 17.1 Å². The Hall–Kier alpha value is -2.09. The van der Waals surface area contributed by atoms with Gasteiger partial charge in [-0.3, -0.25) is 14.4 Å². The topological polar surface area (TPSA) is 75.5 Å². The van der Waals surface area contributed by atoms with E-state index in [0.29, 0.717) is 0 Å². The zero-order valence-corrected chi connectivity index (χ0v) is 25.3. The Balaban J connectivity index is 0.000000248. The zero-order chi connectivity index (χ0) is 28.0. The molecule has 9 heteroatoms. The van der Waals surface area contributed by atoms with Crippen molar-refractivity contribution in [3.63, 3.8) is 0 Å². The number of para-hydroxylation sites is 2. The molecule has 2 aromatic rings. The van der Waals surface area contributed by atoms with Crippen molar-refractivity contribution in [3.05, 3.63) is 99.4 Å². The van der Waals surface area contributed by atoms with Crippen LogP contribution in [0.2, 0.25) is 0 Å². The third-order valence-electron chi connectivity index (χ3n) is 7.15. The normalized spacial score (nSPS) is 18.0. The molecule has 0 atom stereocenters. The SMILES string of the molecule is CCCCCn1cc([C]2[CH][CH][CH][CH]2)nn1.COc1ccccc1N1CCN(CCCNC(=O)[C]2[CH][CH][CH][CH]2)CC1.[Fe+2]. The number of benzene rings is 1. The first-order valence-corrected chi connectivity index (χ1v) is 14.4. The van der Waals surface area contributed by atoms with Crippen LogP contribution in [-0.4, -0.2) is 72.2 Å². The molecular weight excluding hydrogens is 556 g/mol. The van der Waals surface area contributed by atoms with E-state index in [1.54, 1.807) is 7.11 Å². The van der Waals surface area contributed by atoms with Crippen LogP contribution in [0.3, 0.4) is 0 Å². The van der Waals surface area contributed by atoms with Gasteiger partial charge in [0.2, 0.25) is 5.91 Å². The summed E-state index contributed by atoms with van der Waals surface area (Å²) in [5.41, 5.74) is 2.14. The van der Waals surface area contributed by atoms with Gasteiger partial charge in [0.25, 0.3) is 0 Å². The Bertz CT molecular complexity index is 998. The quantitative estimate of drug-likeness (QED) is 0.295. The van der Waals surface area contributed by atoms with Crippen molar-refractivity contribution >= 4 is 11.6 Å². The largest absolute Gasteiger partial charge is 2.00 e. The summed E-state index contributed by atoms with van der Waals surface area (Å²) in [6.07, 6.45) is 22.3. The fourth-order valence-corrected chi connectivity index (χ4v) is 4.84. The summed E-state index contributed by atoms with van der Waals surface area (Å²) in [6.45, 7) is 8.99. The molecule has 2 aliphatic carbocycles. The maximum Gasteiger partial charge on any atom is 2.00 e. The van der Waals surface area contributed by atoms with Gasteiger partial charge in [-0.1, -0.05) is 37.1 Å². The van der Waals surface area contributed by atoms with Gasteiger partial charge < -0.3 is 15.0 Å². The molecular formula is C32H42FeN6O2+2. The molecule has 0 spiro atoms. The molecule has 8 nitrogen and oxygen atoms in total. The van der Waals surface area contributed by atoms with Crippen molar-refractivity contribution < 1.29 is 26.6 Å². The number of amides is 1. The van der Waals surface area contributed by atoms with E-state index < -0.39 is 0 Å². The predicted molar refractivity (Wildman–Crippen MR) is 159 cm³/mol. The number of methoxy groups -OCH3 is 1. The number of aryl methyl sites for hydroxylation is 1. The predicted octanol–water partition coefficient (Wildman–Crippen LogP) is 3.95. The summed E-state index contributed by atoms with van der Waals surface area (Å²) in [5.74, 6) is 2.85. The first-order valence-electron chi connectivity index (χ1n) is 14.4. The Morgan fingerprint density at radius 1 is 0.927 bits per heavy atom. The first kappa shape index (κ1) is 33.4. The van der Waals surface area contributed by atoms with Crippen LogP contribution in [0, 0.1) is 63.2 Å². The summed E-state index contributed by atoms with van der Waals surface area (Å²) >= 11 is 0. The summed E-state index contributed by atoms with van der Waals surface area (Å²) in [7, 11) is 1.72. The van der Waals surface area contributed by atoms with Crippen molar-refractivity contribution in [1.29, 1.82) is 0 Å². The molecule has 0 unspecified atom stereocenters. The maximum absolute atomic E-state index is 11.9. The standard InChI is InChI=1S/C20H26N3O2.C12H16N3.Fe/c1-25-19-10-5-4-9-18(19)23-15-13-22(14-16-23)12-6-11-21-20(24)17-7-2-3-8-17;1-2-3-6-9-15-10-12(13-14-15)11-7-4-5-8-11;/h2-5,7-10H,6,11-16H2,1H3,(H,21,24);4-5,7-8,10H,2-3,6,9H2,1H3;/q;;+2. The number of nitrogens with one attached hydrogen (secondary N) is 1. The van der Waals surface area contributed by atoms with Gasteiger partial charge in [-0.05, 0) is 82.9 Å². The van der Waals surface area contributed by atoms with Gasteiger partial charge in [-0.15, -0.1) is 5.10 Å². The second-order valence-corrected chi connectivity index (χ2v) is 10.0. The molecule has 0 bridgehead atoms. The number of aromatic nitrogens is 3. The van der Waals surface area contributed by atoms with E-state index in [2.05, 4.69) is 57.3 Å². The number of anilines is 1. The molecule has 1 aromatic carbocycles. The van der Waals surface area contributed by atoms with E-state index in [1.807, 2.05) is 61.5 Å². The van der Waals surface area contributed by atoms with Crippen LogP contribution >= 0.6 is 0 Å². The molecule has 10 radical (unpaired) electrons. The third kappa shape index (κ3) is 10.6. The van der Waals surface area contributed by atoms with Crippen LogP contribution in [0.25, 0.3) is 0 Å². The number of hydrogen-bond donors (Lipinski definition) is 1. The zero-order valence-electron chi connectivity index (χ0n) is 24.2.